The van der Waals surface area contributed by atoms with E-state index in [1.165, 1.54) is 12.1 Å². The van der Waals surface area contributed by atoms with Gasteiger partial charge in [0.15, 0.2) is 0 Å². The molecule has 0 aliphatic heterocycles. The highest BCUT2D eigenvalue weighted by atomic mass is 19.3. The van der Waals surface area contributed by atoms with Crippen LogP contribution in [0, 0.1) is 0 Å². The minimum Gasteiger partial charge on any atom is -0.435 e. The lowest BCUT2D eigenvalue weighted by molar-refractivity contribution is -0.0498. The van der Waals surface area contributed by atoms with E-state index in [-0.39, 0.29) is 5.75 Å². The van der Waals surface area contributed by atoms with E-state index in [2.05, 4.69) is 15.0 Å². The molecule has 0 saturated carbocycles. The number of fused-ring (bicyclic) bond motifs is 1. The average Bonchev–Trinajstić information content (AvgIpc) is 3.04. The number of halogens is 2. The third-order valence-corrected chi connectivity index (χ3v) is 3.83. The Morgan fingerprint density at radius 1 is 1.08 bits per heavy atom. The number of aliphatic hydroxyl groups excluding tert-OH is 1. The van der Waals surface area contributed by atoms with Gasteiger partial charge in [-0.2, -0.15) is 8.78 Å². The molecule has 6 heteroatoms. The van der Waals surface area contributed by atoms with E-state index >= 15 is 0 Å². The van der Waals surface area contributed by atoms with Gasteiger partial charge in [-0.05, 0) is 35.4 Å². The fraction of sp³-hybridized carbons (Fsp3) is 0.222. The van der Waals surface area contributed by atoms with Crippen molar-refractivity contribution in [1.82, 2.24) is 10.3 Å². The third kappa shape index (κ3) is 3.90. The molecule has 1 atom stereocenters. The molecule has 0 fully saturated rings. The zero-order valence-corrected chi connectivity index (χ0v) is 12.9. The van der Waals surface area contributed by atoms with Crippen LogP contribution in [0.25, 0.3) is 10.9 Å². The summed E-state index contributed by atoms with van der Waals surface area (Å²) < 4.78 is 28.5. The minimum absolute atomic E-state index is 0.0769. The fourth-order valence-corrected chi connectivity index (χ4v) is 2.64. The standard InChI is InChI=1S/C18H18F2N2O2/c19-18(20)24-14-6-4-12(5-7-14)17(23)11-21-10-13-2-1-3-16-15(13)8-9-22-16/h1-9,17-18,21-23H,10-11H2. The Labute approximate surface area is 138 Å². The highest BCUT2D eigenvalue weighted by molar-refractivity contribution is 5.82. The molecule has 126 valence electrons. The van der Waals surface area contributed by atoms with Crippen LogP contribution in [0.2, 0.25) is 0 Å². The number of benzene rings is 2. The van der Waals surface area contributed by atoms with Crippen LogP contribution < -0.4 is 10.1 Å². The molecule has 1 unspecified atom stereocenters. The molecule has 3 aromatic rings. The molecular weight excluding hydrogens is 314 g/mol. The highest BCUT2D eigenvalue weighted by Crippen LogP contribution is 2.20. The van der Waals surface area contributed by atoms with Gasteiger partial charge in [-0.15, -0.1) is 0 Å². The highest BCUT2D eigenvalue weighted by Gasteiger charge is 2.09. The monoisotopic (exact) mass is 332 g/mol. The Kier molecular flexibility index (Phi) is 5.08. The molecule has 0 radical (unpaired) electrons. The van der Waals surface area contributed by atoms with Gasteiger partial charge in [-0.1, -0.05) is 24.3 Å². The minimum atomic E-state index is -2.85. The van der Waals surface area contributed by atoms with Crippen molar-refractivity contribution in [1.29, 1.82) is 0 Å². The van der Waals surface area contributed by atoms with Gasteiger partial charge in [0.1, 0.15) is 5.75 Å². The summed E-state index contributed by atoms with van der Waals surface area (Å²) >= 11 is 0. The maximum absolute atomic E-state index is 12.1. The maximum atomic E-state index is 12.1. The molecule has 3 N–H and O–H groups in total. The lowest BCUT2D eigenvalue weighted by Crippen LogP contribution is -2.21. The quantitative estimate of drug-likeness (QED) is 0.620. The maximum Gasteiger partial charge on any atom is 0.387 e. The van der Waals surface area contributed by atoms with Crippen LogP contribution in [0.5, 0.6) is 5.75 Å². The van der Waals surface area contributed by atoms with E-state index in [9.17, 15) is 13.9 Å². The topological polar surface area (TPSA) is 57.3 Å². The molecular formula is C18H18F2N2O2. The molecule has 0 bridgehead atoms. The second-order valence-electron chi connectivity index (χ2n) is 5.45. The zero-order chi connectivity index (χ0) is 16.9. The van der Waals surface area contributed by atoms with Crippen molar-refractivity contribution in [3.8, 4) is 5.75 Å². The number of nitrogens with one attached hydrogen (secondary N) is 2. The number of hydrogen-bond acceptors (Lipinski definition) is 3. The van der Waals surface area contributed by atoms with Crippen LogP contribution in [0.15, 0.2) is 54.7 Å². The van der Waals surface area contributed by atoms with Crippen molar-refractivity contribution in [3.05, 3.63) is 65.9 Å². The number of hydrogen-bond donors (Lipinski definition) is 3. The van der Waals surface area contributed by atoms with Gasteiger partial charge in [0.05, 0.1) is 6.10 Å². The Morgan fingerprint density at radius 2 is 1.88 bits per heavy atom. The van der Waals surface area contributed by atoms with E-state index in [0.29, 0.717) is 18.7 Å². The second-order valence-corrected chi connectivity index (χ2v) is 5.45. The number of H-pyrrole nitrogens is 1. The van der Waals surface area contributed by atoms with Crippen molar-refractivity contribution >= 4 is 10.9 Å². The van der Waals surface area contributed by atoms with E-state index < -0.39 is 12.7 Å². The molecule has 0 aliphatic rings. The number of ether oxygens (including phenoxy) is 1. The first kappa shape index (κ1) is 16.4. The van der Waals surface area contributed by atoms with Crippen molar-refractivity contribution in [2.75, 3.05) is 6.54 Å². The lowest BCUT2D eigenvalue weighted by Gasteiger charge is -2.13. The van der Waals surface area contributed by atoms with E-state index in [1.54, 1.807) is 12.1 Å². The summed E-state index contributed by atoms with van der Waals surface area (Å²) in [5.74, 6) is 0.0769. The second kappa shape index (κ2) is 7.42. The molecule has 24 heavy (non-hydrogen) atoms. The Morgan fingerprint density at radius 3 is 2.62 bits per heavy atom. The van der Waals surface area contributed by atoms with Crippen molar-refractivity contribution in [3.63, 3.8) is 0 Å². The lowest BCUT2D eigenvalue weighted by atomic mass is 10.1. The van der Waals surface area contributed by atoms with Crippen molar-refractivity contribution in [2.24, 2.45) is 0 Å². The van der Waals surface area contributed by atoms with Gasteiger partial charge < -0.3 is 20.1 Å². The number of aromatic amines is 1. The first-order valence-corrected chi connectivity index (χ1v) is 7.62. The largest absolute Gasteiger partial charge is 0.435 e. The van der Waals surface area contributed by atoms with Crippen LogP contribution in [0.1, 0.15) is 17.2 Å². The number of alkyl halides is 2. The summed E-state index contributed by atoms with van der Waals surface area (Å²) in [5, 5.41) is 14.5. The Balaban J connectivity index is 1.55. The summed E-state index contributed by atoms with van der Waals surface area (Å²) in [6.45, 7) is -1.87. The first-order valence-electron chi connectivity index (χ1n) is 7.62. The summed E-state index contributed by atoms with van der Waals surface area (Å²) in [6, 6.07) is 14.0. The third-order valence-electron chi connectivity index (χ3n) is 3.83. The number of aliphatic hydroxyl groups is 1. The fourth-order valence-electron chi connectivity index (χ4n) is 2.64. The van der Waals surface area contributed by atoms with E-state index in [0.717, 1.165) is 16.5 Å². The van der Waals surface area contributed by atoms with Gasteiger partial charge in [-0.25, -0.2) is 0 Å². The molecule has 0 aliphatic carbocycles. The van der Waals surface area contributed by atoms with Crippen LogP contribution in [0.4, 0.5) is 8.78 Å². The molecule has 3 rings (SSSR count). The van der Waals surface area contributed by atoms with Crippen molar-refractivity contribution in [2.45, 2.75) is 19.3 Å². The van der Waals surface area contributed by atoms with Gasteiger partial charge in [0.25, 0.3) is 0 Å². The van der Waals surface area contributed by atoms with E-state index in [4.69, 9.17) is 0 Å². The predicted molar refractivity (Wildman–Crippen MR) is 88.0 cm³/mol. The molecule has 0 spiro atoms. The average molecular weight is 332 g/mol. The van der Waals surface area contributed by atoms with Crippen LogP contribution >= 0.6 is 0 Å². The first-order chi connectivity index (χ1) is 11.6. The Bertz CT molecular complexity index is 787. The Hall–Kier alpha value is -2.44. The molecule has 2 aromatic carbocycles. The van der Waals surface area contributed by atoms with Gasteiger partial charge in [0, 0.05) is 30.2 Å². The summed E-state index contributed by atoms with van der Waals surface area (Å²) in [7, 11) is 0. The number of aromatic nitrogens is 1. The van der Waals surface area contributed by atoms with Crippen molar-refractivity contribution < 1.29 is 18.6 Å². The SMILES string of the molecule is OC(CNCc1cccc2[nH]ccc12)c1ccc(OC(F)F)cc1. The molecule has 4 nitrogen and oxygen atoms in total. The van der Waals surface area contributed by atoms with Gasteiger partial charge in [0.2, 0.25) is 0 Å². The molecule has 0 saturated heterocycles. The smallest absolute Gasteiger partial charge is 0.387 e. The van der Waals surface area contributed by atoms with E-state index in [1.807, 2.05) is 30.5 Å². The number of rotatable bonds is 7. The van der Waals surface area contributed by atoms with Crippen LogP contribution in [-0.4, -0.2) is 23.2 Å². The van der Waals surface area contributed by atoms with Gasteiger partial charge in [-0.3, -0.25) is 0 Å². The summed E-state index contributed by atoms with van der Waals surface area (Å²) in [6.07, 6.45) is 1.17. The molecule has 0 amide bonds. The van der Waals surface area contributed by atoms with Gasteiger partial charge >= 0.3 is 6.61 Å². The normalized spacial score (nSPS) is 12.7. The summed E-state index contributed by atoms with van der Waals surface area (Å²) in [4.78, 5) is 3.16. The molecule has 1 heterocycles. The van der Waals surface area contributed by atoms with Crippen LogP contribution in [-0.2, 0) is 6.54 Å². The summed E-state index contributed by atoms with van der Waals surface area (Å²) in [5.41, 5.74) is 2.86. The zero-order valence-electron chi connectivity index (χ0n) is 12.9. The predicted octanol–water partition coefficient (Wildman–Crippen LogP) is 3.59. The molecule has 1 aromatic heterocycles. The van der Waals surface area contributed by atoms with Crippen LogP contribution in [0.3, 0.4) is 0 Å².